The van der Waals surface area contributed by atoms with Crippen LogP contribution in [0.3, 0.4) is 0 Å². The van der Waals surface area contributed by atoms with E-state index in [9.17, 15) is 10.1 Å². The third-order valence-corrected chi connectivity index (χ3v) is 7.21. The van der Waals surface area contributed by atoms with Crippen molar-refractivity contribution >= 4 is 68.4 Å². The van der Waals surface area contributed by atoms with Gasteiger partial charge in [0.2, 0.25) is 0 Å². The molecule has 0 aliphatic carbocycles. The van der Waals surface area contributed by atoms with Gasteiger partial charge in [-0.1, -0.05) is 53.0 Å². The quantitative estimate of drug-likeness (QED) is 0.126. The molecule has 0 unspecified atom stereocenters. The Labute approximate surface area is 267 Å². The molecule has 0 aromatic heterocycles. The largest absolute Gasteiger partial charge is 0.490 e. The fourth-order valence-corrected chi connectivity index (χ4v) is 5.05. The summed E-state index contributed by atoms with van der Waals surface area (Å²) in [7, 11) is 0. The molecule has 1 amide bonds. The van der Waals surface area contributed by atoms with E-state index in [2.05, 4.69) is 21.2 Å². The number of ether oxygens (including phenoxy) is 3. The number of hydrogen-bond donors (Lipinski definition) is 1. The Morgan fingerprint density at radius 3 is 2.38 bits per heavy atom. The number of benzene rings is 4. The molecular formula is C32H24BrCl3N2O4. The molecule has 4 aromatic carbocycles. The first-order valence-corrected chi connectivity index (χ1v) is 14.6. The van der Waals surface area contributed by atoms with Crippen LogP contribution in [0.2, 0.25) is 15.1 Å². The number of rotatable bonds is 11. The third-order valence-electron chi connectivity index (χ3n) is 5.80. The average Bonchev–Trinajstić information content (AvgIpc) is 2.96. The van der Waals surface area contributed by atoms with Gasteiger partial charge in [0, 0.05) is 26.3 Å². The van der Waals surface area contributed by atoms with Crippen molar-refractivity contribution in [1.82, 2.24) is 0 Å². The van der Waals surface area contributed by atoms with E-state index in [1.165, 1.54) is 6.08 Å². The van der Waals surface area contributed by atoms with E-state index < -0.39 is 5.91 Å². The van der Waals surface area contributed by atoms with E-state index in [1.54, 1.807) is 60.7 Å². The highest BCUT2D eigenvalue weighted by Gasteiger charge is 2.15. The second-order valence-corrected chi connectivity index (χ2v) is 11.0. The molecule has 0 aliphatic rings. The van der Waals surface area contributed by atoms with E-state index in [1.807, 2.05) is 31.2 Å². The molecule has 1 N–H and O–H groups in total. The Morgan fingerprint density at radius 2 is 1.69 bits per heavy atom. The van der Waals surface area contributed by atoms with Gasteiger partial charge in [-0.3, -0.25) is 4.79 Å². The molecule has 0 atom stereocenters. The van der Waals surface area contributed by atoms with Crippen molar-refractivity contribution in [2.24, 2.45) is 0 Å². The Kier molecular flexibility index (Phi) is 11.2. The van der Waals surface area contributed by atoms with Gasteiger partial charge in [0.25, 0.3) is 5.91 Å². The molecule has 0 heterocycles. The number of hydrogen-bond acceptors (Lipinski definition) is 5. The molecule has 6 nitrogen and oxygen atoms in total. The van der Waals surface area contributed by atoms with Crippen LogP contribution >= 0.6 is 50.7 Å². The standard InChI is InChI=1S/C32H24BrCl3N2O4/c1-2-40-30-15-21(14-28(33)31(30)42-18-20-4-3-5-24(34)13-20)12-23(17-37)32(39)38-26-8-10-27(11-9-26)41-19-22-6-7-25(35)16-29(22)36/h3-16H,2,18-19H2,1H3,(H,38,39)/b23-12+. The molecule has 10 heteroatoms. The van der Waals surface area contributed by atoms with Crippen LogP contribution < -0.4 is 19.5 Å². The molecule has 42 heavy (non-hydrogen) atoms. The number of nitrogens with one attached hydrogen (secondary N) is 1. The fraction of sp³-hybridized carbons (Fsp3) is 0.125. The zero-order chi connectivity index (χ0) is 30.1. The second-order valence-electron chi connectivity index (χ2n) is 8.85. The third kappa shape index (κ3) is 8.67. The Bertz CT molecular complexity index is 1650. The molecular weight excluding hydrogens is 663 g/mol. The summed E-state index contributed by atoms with van der Waals surface area (Å²) in [6, 6.07) is 24.8. The number of anilines is 1. The molecule has 0 aliphatic heterocycles. The summed E-state index contributed by atoms with van der Waals surface area (Å²) >= 11 is 21.7. The zero-order valence-electron chi connectivity index (χ0n) is 22.3. The SMILES string of the molecule is CCOc1cc(/C=C(\C#N)C(=O)Nc2ccc(OCc3ccc(Cl)cc3Cl)cc2)cc(Br)c1OCc1cccc(Cl)c1. The van der Waals surface area contributed by atoms with E-state index >= 15 is 0 Å². The van der Waals surface area contributed by atoms with Crippen molar-refractivity contribution < 1.29 is 19.0 Å². The van der Waals surface area contributed by atoms with Crippen molar-refractivity contribution in [1.29, 1.82) is 5.26 Å². The van der Waals surface area contributed by atoms with Crippen molar-refractivity contribution in [3.8, 4) is 23.3 Å². The number of nitriles is 1. The smallest absolute Gasteiger partial charge is 0.266 e. The van der Waals surface area contributed by atoms with Gasteiger partial charge in [-0.25, -0.2) is 0 Å². The highest BCUT2D eigenvalue weighted by Crippen LogP contribution is 2.38. The van der Waals surface area contributed by atoms with Gasteiger partial charge in [-0.2, -0.15) is 5.26 Å². The first kappa shape index (κ1) is 31.3. The van der Waals surface area contributed by atoms with Crippen LogP contribution in [0.25, 0.3) is 6.08 Å². The zero-order valence-corrected chi connectivity index (χ0v) is 26.2. The topological polar surface area (TPSA) is 80.6 Å². The number of nitrogens with zero attached hydrogens (tertiary/aromatic N) is 1. The molecule has 214 valence electrons. The first-order valence-electron chi connectivity index (χ1n) is 12.7. The molecule has 0 radical (unpaired) electrons. The minimum absolute atomic E-state index is 0.0883. The van der Waals surface area contributed by atoms with Crippen LogP contribution in [0, 0.1) is 11.3 Å². The van der Waals surface area contributed by atoms with Crippen LogP contribution in [0.1, 0.15) is 23.6 Å². The molecule has 4 aromatic rings. The highest BCUT2D eigenvalue weighted by atomic mass is 79.9. The van der Waals surface area contributed by atoms with Crippen LogP contribution in [0.4, 0.5) is 5.69 Å². The Morgan fingerprint density at radius 1 is 0.929 bits per heavy atom. The Balaban J connectivity index is 1.43. The average molecular weight is 687 g/mol. The van der Waals surface area contributed by atoms with Gasteiger partial charge in [-0.05, 0) is 101 Å². The summed E-state index contributed by atoms with van der Waals surface area (Å²) in [5, 5.41) is 14.2. The molecule has 0 bridgehead atoms. The van der Waals surface area contributed by atoms with Crippen molar-refractivity contribution in [2.45, 2.75) is 20.1 Å². The maximum Gasteiger partial charge on any atom is 0.266 e. The van der Waals surface area contributed by atoms with Crippen molar-refractivity contribution in [2.75, 3.05) is 11.9 Å². The molecule has 4 rings (SSSR count). The number of carbonyl (C=O) groups is 1. The lowest BCUT2D eigenvalue weighted by Gasteiger charge is -2.15. The van der Waals surface area contributed by atoms with Crippen LogP contribution in [0.15, 0.2) is 88.9 Å². The lowest BCUT2D eigenvalue weighted by Crippen LogP contribution is -2.13. The van der Waals surface area contributed by atoms with Gasteiger partial charge in [0.15, 0.2) is 11.5 Å². The second kappa shape index (κ2) is 15.0. The lowest BCUT2D eigenvalue weighted by molar-refractivity contribution is -0.112. The maximum atomic E-state index is 12.9. The fourth-order valence-electron chi connectivity index (χ4n) is 3.80. The van der Waals surface area contributed by atoms with Crippen LogP contribution in [-0.4, -0.2) is 12.5 Å². The van der Waals surface area contributed by atoms with E-state index in [0.717, 1.165) is 11.1 Å². The Hall–Kier alpha value is -3.67. The summed E-state index contributed by atoms with van der Waals surface area (Å²) in [6.07, 6.45) is 1.48. The monoisotopic (exact) mass is 684 g/mol. The van der Waals surface area contributed by atoms with E-state index in [4.69, 9.17) is 49.0 Å². The van der Waals surface area contributed by atoms with Gasteiger partial charge < -0.3 is 19.5 Å². The maximum absolute atomic E-state index is 12.9. The van der Waals surface area contributed by atoms with Gasteiger partial charge in [-0.15, -0.1) is 0 Å². The van der Waals surface area contributed by atoms with E-state index in [-0.39, 0.29) is 18.8 Å². The minimum atomic E-state index is -0.561. The highest BCUT2D eigenvalue weighted by molar-refractivity contribution is 9.10. The lowest BCUT2D eigenvalue weighted by atomic mass is 10.1. The summed E-state index contributed by atoms with van der Waals surface area (Å²) in [6.45, 7) is 2.78. The molecule has 0 saturated carbocycles. The molecule has 0 fully saturated rings. The van der Waals surface area contributed by atoms with Crippen LogP contribution in [-0.2, 0) is 18.0 Å². The predicted molar refractivity (Wildman–Crippen MR) is 171 cm³/mol. The van der Waals surface area contributed by atoms with E-state index in [0.29, 0.717) is 54.6 Å². The normalized spacial score (nSPS) is 11.0. The number of carbonyl (C=O) groups excluding carboxylic acids is 1. The number of amides is 1. The summed E-state index contributed by atoms with van der Waals surface area (Å²) in [4.78, 5) is 12.9. The van der Waals surface area contributed by atoms with Gasteiger partial charge >= 0.3 is 0 Å². The molecule has 0 spiro atoms. The summed E-state index contributed by atoms with van der Waals surface area (Å²) in [5.41, 5.74) is 2.68. The summed E-state index contributed by atoms with van der Waals surface area (Å²) in [5.74, 6) is 0.987. The van der Waals surface area contributed by atoms with Gasteiger partial charge in [0.1, 0.15) is 30.6 Å². The minimum Gasteiger partial charge on any atom is -0.490 e. The predicted octanol–water partition coefficient (Wildman–Crippen LogP) is 9.51. The summed E-state index contributed by atoms with van der Waals surface area (Å²) < 4.78 is 18.2. The first-order chi connectivity index (χ1) is 20.2. The molecule has 0 saturated heterocycles. The van der Waals surface area contributed by atoms with Gasteiger partial charge in [0.05, 0.1) is 11.1 Å². The number of halogens is 4. The van der Waals surface area contributed by atoms with Crippen molar-refractivity contribution in [3.63, 3.8) is 0 Å². The van der Waals surface area contributed by atoms with Crippen LogP contribution in [0.5, 0.6) is 17.2 Å². The van der Waals surface area contributed by atoms with Crippen molar-refractivity contribution in [3.05, 3.63) is 121 Å².